The van der Waals surface area contributed by atoms with Gasteiger partial charge in [-0.15, -0.1) is 11.8 Å². The number of rotatable bonds is 9. The molecule has 3 atom stereocenters. The van der Waals surface area contributed by atoms with E-state index in [0.29, 0.717) is 12.3 Å². The molecular weight excluding hydrogens is 340 g/mol. The summed E-state index contributed by atoms with van der Waals surface area (Å²) in [6.07, 6.45) is 7.74. The van der Waals surface area contributed by atoms with Gasteiger partial charge in [0.2, 0.25) is 5.75 Å². The van der Waals surface area contributed by atoms with Crippen LogP contribution in [0.4, 0.5) is 0 Å². The molecule has 6 nitrogen and oxygen atoms in total. The zero-order valence-electron chi connectivity index (χ0n) is 13.4. The summed E-state index contributed by atoms with van der Waals surface area (Å²) in [5, 5.41) is 6.62. The fourth-order valence-corrected chi connectivity index (χ4v) is 3.13. The Hall–Kier alpha value is -0.760. The number of aromatic nitrogens is 2. The van der Waals surface area contributed by atoms with Gasteiger partial charge in [0.25, 0.3) is 0 Å². The summed E-state index contributed by atoms with van der Waals surface area (Å²) in [5.41, 5.74) is 0.417. The highest BCUT2D eigenvalue weighted by Gasteiger charge is 2.26. The molecule has 2 heterocycles. The van der Waals surface area contributed by atoms with E-state index in [4.69, 9.17) is 25.8 Å². The third kappa shape index (κ3) is 5.67. The molecular formula is C15H23ClN2O4S. The number of thioether (sulfide) groups is 1. The van der Waals surface area contributed by atoms with Crippen molar-refractivity contribution < 1.29 is 19.0 Å². The first-order valence-corrected chi connectivity index (χ1v) is 9.49. The van der Waals surface area contributed by atoms with Crippen molar-refractivity contribution in [1.29, 1.82) is 0 Å². The third-order valence-corrected chi connectivity index (χ3v) is 4.68. The molecule has 23 heavy (non-hydrogen) atoms. The van der Waals surface area contributed by atoms with Crippen LogP contribution in [0.2, 0.25) is 0 Å². The zero-order valence-corrected chi connectivity index (χ0v) is 15.0. The van der Waals surface area contributed by atoms with Gasteiger partial charge in [-0.25, -0.2) is 4.79 Å². The van der Waals surface area contributed by atoms with Gasteiger partial charge in [-0.3, -0.25) is 5.10 Å². The monoisotopic (exact) mass is 362 g/mol. The summed E-state index contributed by atoms with van der Waals surface area (Å²) in [6, 6.07) is 0. The molecule has 0 saturated carbocycles. The standard InChI is InChI=1S/C15H23ClN2O4S/c1-3-4-5-10(6-7-11-9-20-15(16)22-11)21-14(19)13-12(23-2)8-17-18-13/h8,10-11,15H,3-7,9H2,1-2H3,(H,17,18). The number of H-pyrrole nitrogens is 1. The van der Waals surface area contributed by atoms with Crippen molar-refractivity contribution >= 4 is 29.3 Å². The largest absolute Gasteiger partial charge is 0.458 e. The van der Waals surface area contributed by atoms with Gasteiger partial charge in [-0.2, -0.15) is 5.10 Å². The first-order valence-electron chi connectivity index (χ1n) is 7.83. The van der Waals surface area contributed by atoms with Gasteiger partial charge in [0.05, 0.1) is 23.8 Å². The molecule has 0 amide bonds. The molecule has 0 radical (unpaired) electrons. The second-order valence-electron chi connectivity index (χ2n) is 5.43. The fourth-order valence-electron chi connectivity index (χ4n) is 2.42. The Balaban J connectivity index is 1.88. The number of halogens is 1. The van der Waals surface area contributed by atoms with Crippen LogP contribution < -0.4 is 0 Å². The molecule has 1 aliphatic rings. The first kappa shape index (κ1) is 18.6. The number of esters is 1. The van der Waals surface area contributed by atoms with Gasteiger partial charge in [0.1, 0.15) is 6.10 Å². The maximum Gasteiger partial charge on any atom is 0.357 e. The third-order valence-electron chi connectivity index (χ3n) is 3.71. The lowest BCUT2D eigenvalue weighted by Crippen LogP contribution is -2.22. The lowest BCUT2D eigenvalue weighted by Gasteiger charge is -2.19. The van der Waals surface area contributed by atoms with Crippen LogP contribution in [-0.2, 0) is 14.2 Å². The van der Waals surface area contributed by atoms with Gasteiger partial charge >= 0.3 is 5.97 Å². The van der Waals surface area contributed by atoms with E-state index in [1.165, 1.54) is 11.8 Å². The highest BCUT2D eigenvalue weighted by atomic mass is 35.5. The van der Waals surface area contributed by atoms with Crippen molar-refractivity contribution in [3.05, 3.63) is 11.9 Å². The molecule has 0 bridgehead atoms. The molecule has 1 N–H and O–H groups in total. The normalized spacial score (nSPS) is 22.2. The van der Waals surface area contributed by atoms with Crippen molar-refractivity contribution in [2.45, 2.75) is 61.9 Å². The molecule has 2 rings (SSSR count). The molecule has 0 aromatic carbocycles. The maximum atomic E-state index is 12.3. The summed E-state index contributed by atoms with van der Waals surface area (Å²) < 4.78 is 16.3. The number of hydrogen-bond acceptors (Lipinski definition) is 6. The molecule has 1 aromatic rings. The Morgan fingerprint density at radius 2 is 2.43 bits per heavy atom. The molecule has 1 aromatic heterocycles. The Morgan fingerprint density at radius 1 is 1.61 bits per heavy atom. The average molecular weight is 363 g/mol. The van der Waals surface area contributed by atoms with E-state index in [0.717, 1.165) is 37.0 Å². The number of carbonyl (C=O) groups excluding carboxylic acids is 1. The lowest BCUT2D eigenvalue weighted by molar-refractivity contribution is -0.00185. The van der Waals surface area contributed by atoms with Gasteiger partial charge in [-0.1, -0.05) is 31.4 Å². The summed E-state index contributed by atoms with van der Waals surface area (Å²) in [6.45, 7) is 2.60. The summed E-state index contributed by atoms with van der Waals surface area (Å²) >= 11 is 7.21. The SMILES string of the molecule is CCCCC(CCC1COC(Cl)O1)OC(=O)c1[nH]ncc1SC. The number of nitrogens with zero attached hydrogens (tertiary/aromatic N) is 1. The minimum absolute atomic E-state index is 0.0331. The summed E-state index contributed by atoms with van der Waals surface area (Å²) in [4.78, 5) is 13.1. The molecule has 0 aliphatic carbocycles. The van der Waals surface area contributed by atoms with E-state index in [1.807, 2.05) is 6.26 Å². The molecule has 3 unspecified atom stereocenters. The van der Waals surface area contributed by atoms with Crippen LogP contribution >= 0.6 is 23.4 Å². The number of aromatic amines is 1. The quantitative estimate of drug-likeness (QED) is 0.411. The summed E-state index contributed by atoms with van der Waals surface area (Å²) in [7, 11) is 0. The average Bonchev–Trinajstić information content (AvgIpc) is 3.18. The van der Waals surface area contributed by atoms with Crippen LogP contribution in [0.25, 0.3) is 0 Å². The number of nitrogens with one attached hydrogen (secondary N) is 1. The first-order chi connectivity index (χ1) is 11.1. The maximum absolute atomic E-state index is 12.3. The van der Waals surface area contributed by atoms with E-state index in [2.05, 4.69) is 17.1 Å². The van der Waals surface area contributed by atoms with E-state index in [-0.39, 0.29) is 18.2 Å². The fraction of sp³-hybridized carbons (Fsp3) is 0.733. The molecule has 1 aliphatic heterocycles. The molecule has 1 fully saturated rings. The van der Waals surface area contributed by atoms with Crippen molar-refractivity contribution in [2.24, 2.45) is 0 Å². The van der Waals surface area contributed by atoms with Gasteiger partial charge < -0.3 is 14.2 Å². The lowest BCUT2D eigenvalue weighted by atomic mass is 10.1. The van der Waals surface area contributed by atoms with Crippen LogP contribution in [0.5, 0.6) is 0 Å². The van der Waals surface area contributed by atoms with Crippen molar-refractivity contribution in [3.63, 3.8) is 0 Å². The van der Waals surface area contributed by atoms with E-state index in [1.54, 1.807) is 6.20 Å². The van der Waals surface area contributed by atoms with Crippen molar-refractivity contribution in [2.75, 3.05) is 12.9 Å². The number of hydrogen-bond donors (Lipinski definition) is 1. The Bertz CT molecular complexity index is 500. The highest BCUT2D eigenvalue weighted by molar-refractivity contribution is 7.98. The van der Waals surface area contributed by atoms with Crippen molar-refractivity contribution in [1.82, 2.24) is 10.2 Å². The number of unbranched alkanes of at least 4 members (excludes halogenated alkanes) is 1. The summed E-state index contributed by atoms with van der Waals surface area (Å²) in [5.74, 6) is -1.02. The van der Waals surface area contributed by atoms with Gasteiger partial charge in [-0.05, 0) is 25.5 Å². The zero-order chi connectivity index (χ0) is 16.7. The number of carbonyl (C=O) groups is 1. The second kappa shape index (κ2) is 9.52. The predicted molar refractivity (Wildman–Crippen MR) is 88.8 cm³/mol. The van der Waals surface area contributed by atoms with Gasteiger partial charge in [0, 0.05) is 0 Å². The topological polar surface area (TPSA) is 73.4 Å². The molecule has 130 valence electrons. The van der Waals surface area contributed by atoms with Gasteiger partial charge in [0.15, 0.2) is 5.69 Å². The smallest absolute Gasteiger partial charge is 0.357 e. The molecule has 8 heteroatoms. The predicted octanol–water partition coefficient (Wildman–Crippen LogP) is 3.57. The Morgan fingerprint density at radius 3 is 3.09 bits per heavy atom. The van der Waals surface area contributed by atoms with Crippen LogP contribution in [0.15, 0.2) is 11.1 Å². The van der Waals surface area contributed by atoms with E-state index >= 15 is 0 Å². The van der Waals surface area contributed by atoms with E-state index < -0.39 is 5.75 Å². The van der Waals surface area contributed by atoms with E-state index in [9.17, 15) is 4.79 Å². The number of alkyl halides is 1. The minimum atomic E-state index is -0.661. The van der Waals surface area contributed by atoms with Crippen LogP contribution in [0, 0.1) is 0 Å². The van der Waals surface area contributed by atoms with Crippen LogP contribution in [-0.4, -0.2) is 47.0 Å². The molecule has 1 saturated heterocycles. The minimum Gasteiger partial charge on any atom is -0.458 e. The van der Waals surface area contributed by atoms with Crippen LogP contribution in [0.1, 0.15) is 49.5 Å². The highest BCUT2D eigenvalue weighted by Crippen LogP contribution is 2.23. The second-order valence-corrected chi connectivity index (χ2v) is 6.63. The van der Waals surface area contributed by atoms with Crippen molar-refractivity contribution in [3.8, 4) is 0 Å². The van der Waals surface area contributed by atoms with Crippen LogP contribution in [0.3, 0.4) is 0 Å². The number of ether oxygens (including phenoxy) is 3. The molecule has 0 spiro atoms. The Labute approximate surface area is 145 Å². The Kier molecular flexibility index (Phi) is 7.69.